The first kappa shape index (κ1) is 8.61. The zero-order chi connectivity index (χ0) is 10.1. The van der Waals surface area contributed by atoms with Gasteiger partial charge >= 0.3 is 0 Å². The fourth-order valence-corrected chi connectivity index (χ4v) is 1.08. The molecule has 2 heterocycles. The fraction of sp³-hybridized carbons (Fsp3) is 0.250. The van der Waals surface area contributed by atoms with Crippen molar-refractivity contribution < 1.29 is 14.3 Å². The van der Waals surface area contributed by atoms with Crippen molar-refractivity contribution in [1.82, 2.24) is 9.97 Å². The summed E-state index contributed by atoms with van der Waals surface area (Å²) in [6.45, 7) is 1.62. The second kappa shape index (κ2) is 3.06. The minimum Gasteiger partial charge on any atom is -0.475 e. The third-order valence-corrected chi connectivity index (χ3v) is 1.79. The van der Waals surface area contributed by atoms with E-state index in [1.165, 1.54) is 6.20 Å². The van der Waals surface area contributed by atoms with Crippen LogP contribution in [0.2, 0.25) is 0 Å². The van der Waals surface area contributed by atoms with Gasteiger partial charge in [0, 0.05) is 0 Å². The van der Waals surface area contributed by atoms with Crippen LogP contribution in [0.3, 0.4) is 0 Å². The minimum atomic E-state index is -0.562. The molecule has 0 saturated carbocycles. The number of carbonyl (C=O) groups is 2. The molecule has 0 saturated heterocycles. The number of hydrogen-bond donors (Lipinski definition) is 1. The number of carbonyl (C=O) groups excluding carboxylic acids is 2. The highest BCUT2D eigenvalue weighted by Crippen LogP contribution is 2.25. The molecule has 14 heavy (non-hydrogen) atoms. The first-order valence-electron chi connectivity index (χ1n) is 4.00. The SMILES string of the molecule is CC1Oc2cnc(C=O)nc2NC1=O. The number of aldehydes is 1. The highest BCUT2D eigenvalue weighted by Gasteiger charge is 2.24. The van der Waals surface area contributed by atoms with Crippen molar-refractivity contribution in [3.8, 4) is 5.75 Å². The summed E-state index contributed by atoms with van der Waals surface area (Å²) >= 11 is 0. The Kier molecular flexibility index (Phi) is 1.88. The van der Waals surface area contributed by atoms with Gasteiger partial charge in [-0.1, -0.05) is 0 Å². The van der Waals surface area contributed by atoms with E-state index in [9.17, 15) is 9.59 Å². The molecule has 0 aromatic carbocycles. The Morgan fingerprint density at radius 2 is 2.43 bits per heavy atom. The molecule has 1 aliphatic heterocycles. The molecule has 2 rings (SSSR count). The molecule has 1 aromatic rings. The van der Waals surface area contributed by atoms with Crippen LogP contribution in [-0.4, -0.2) is 28.3 Å². The quantitative estimate of drug-likeness (QED) is 0.635. The summed E-state index contributed by atoms with van der Waals surface area (Å²) < 4.78 is 5.19. The zero-order valence-electron chi connectivity index (χ0n) is 7.35. The van der Waals surface area contributed by atoms with E-state index in [-0.39, 0.29) is 17.5 Å². The van der Waals surface area contributed by atoms with E-state index < -0.39 is 6.10 Å². The van der Waals surface area contributed by atoms with Crippen LogP contribution in [0, 0.1) is 0 Å². The van der Waals surface area contributed by atoms with Crippen LogP contribution in [0.1, 0.15) is 17.5 Å². The largest absolute Gasteiger partial charge is 0.475 e. The van der Waals surface area contributed by atoms with E-state index in [2.05, 4.69) is 15.3 Å². The van der Waals surface area contributed by atoms with Crippen LogP contribution in [-0.2, 0) is 4.79 Å². The van der Waals surface area contributed by atoms with Crippen molar-refractivity contribution in [3.05, 3.63) is 12.0 Å². The summed E-state index contributed by atoms with van der Waals surface area (Å²) in [6.07, 6.45) is 1.31. The lowest BCUT2D eigenvalue weighted by Gasteiger charge is -2.21. The Labute approximate surface area is 79.3 Å². The second-order valence-corrected chi connectivity index (χ2v) is 2.81. The Balaban J connectivity index is 2.42. The number of fused-ring (bicyclic) bond motifs is 1. The monoisotopic (exact) mass is 193 g/mol. The van der Waals surface area contributed by atoms with Crippen LogP contribution in [0.25, 0.3) is 0 Å². The number of aromatic nitrogens is 2. The Morgan fingerprint density at radius 1 is 1.64 bits per heavy atom. The zero-order valence-corrected chi connectivity index (χ0v) is 7.35. The Bertz CT molecular complexity index is 405. The van der Waals surface area contributed by atoms with Gasteiger partial charge in [-0.15, -0.1) is 0 Å². The molecule has 0 radical (unpaired) electrons. The summed E-state index contributed by atoms with van der Waals surface area (Å²) in [5.74, 6) is 0.350. The van der Waals surface area contributed by atoms with Crippen molar-refractivity contribution in [2.45, 2.75) is 13.0 Å². The van der Waals surface area contributed by atoms with Gasteiger partial charge in [0.1, 0.15) is 0 Å². The molecule has 1 aliphatic rings. The molecule has 1 atom stereocenters. The number of anilines is 1. The van der Waals surface area contributed by atoms with E-state index in [1.807, 2.05) is 0 Å². The number of hydrogen-bond acceptors (Lipinski definition) is 5. The molecule has 0 aliphatic carbocycles. The van der Waals surface area contributed by atoms with Gasteiger partial charge in [-0.2, -0.15) is 0 Å². The molecule has 72 valence electrons. The van der Waals surface area contributed by atoms with Crippen molar-refractivity contribution in [3.63, 3.8) is 0 Å². The molecular weight excluding hydrogens is 186 g/mol. The number of amides is 1. The predicted molar refractivity (Wildman–Crippen MR) is 46.1 cm³/mol. The molecular formula is C8H7N3O3. The van der Waals surface area contributed by atoms with Gasteiger partial charge in [0.05, 0.1) is 6.20 Å². The summed E-state index contributed by atoms with van der Waals surface area (Å²) in [4.78, 5) is 29.0. The average molecular weight is 193 g/mol. The van der Waals surface area contributed by atoms with Crippen LogP contribution in [0.4, 0.5) is 5.82 Å². The van der Waals surface area contributed by atoms with Gasteiger partial charge in [-0.25, -0.2) is 9.97 Å². The molecule has 6 nitrogen and oxygen atoms in total. The summed E-state index contributed by atoms with van der Waals surface area (Å²) in [5, 5.41) is 2.51. The smallest absolute Gasteiger partial charge is 0.266 e. The van der Waals surface area contributed by atoms with Crippen molar-refractivity contribution in [2.75, 3.05) is 5.32 Å². The van der Waals surface area contributed by atoms with E-state index >= 15 is 0 Å². The van der Waals surface area contributed by atoms with Crippen molar-refractivity contribution in [2.24, 2.45) is 0 Å². The van der Waals surface area contributed by atoms with Gasteiger partial charge in [-0.05, 0) is 6.92 Å². The lowest BCUT2D eigenvalue weighted by molar-refractivity contribution is -0.122. The molecule has 1 N–H and O–H groups in total. The first-order valence-corrected chi connectivity index (χ1v) is 4.00. The fourth-order valence-electron chi connectivity index (χ4n) is 1.08. The van der Waals surface area contributed by atoms with Crippen LogP contribution >= 0.6 is 0 Å². The lowest BCUT2D eigenvalue weighted by atomic mass is 10.3. The van der Waals surface area contributed by atoms with Crippen LogP contribution < -0.4 is 10.1 Å². The number of ether oxygens (including phenoxy) is 1. The molecule has 0 spiro atoms. The molecule has 1 unspecified atom stereocenters. The molecule has 1 aromatic heterocycles. The number of rotatable bonds is 1. The van der Waals surface area contributed by atoms with Crippen LogP contribution in [0.5, 0.6) is 5.75 Å². The Hall–Kier alpha value is -1.98. The third-order valence-electron chi connectivity index (χ3n) is 1.79. The lowest BCUT2D eigenvalue weighted by Crippen LogP contribution is -2.35. The second-order valence-electron chi connectivity index (χ2n) is 2.81. The highest BCUT2D eigenvalue weighted by atomic mass is 16.5. The van der Waals surface area contributed by atoms with Crippen molar-refractivity contribution in [1.29, 1.82) is 0 Å². The maximum atomic E-state index is 11.2. The van der Waals surface area contributed by atoms with Crippen LogP contribution in [0.15, 0.2) is 6.20 Å². The summed E-state index contributed by atoms with van der Waals surface area (Å²) in [5.41, 5.74) is 0. The highest BCUT2D eigenvalue weighted by molar-refractivity contribution is 5.96. The molecule has 6 heteroatoms. The third kappa shape index (κ3) is 1.30. The van der Waals surface area contributed by atoms with Gasteiger partial charge in [-0.3, -0.25) is 9.59 Å². The molecule has 0 fully saturated rings. The van der Waals surface area contributed by atoms with Gasteiger partial charge in [0.15, 0.2) is 29.8 Å². The van der Waals surface area contributed by atoms with E-state index in [1.54, 1.807) is 6.92 Å². The predicted octanol–water partition coefficient (Wildman–Crippen LogP) is 0.00850. The first-order chi connectivity index (χ1) is 6.70. The van der Waals surface area contributed by atoms with Gasteiger partial charge < -0.3 is 10.1 Å². The van der Waals surface area contributed by atoms with Gasteiger partial charge in [0.2, 0.25) is 0 Å². The molecule has 0 bridgehead atoms. The standard InChI is InChI=1S/C8H7N3O3/c1-4-8(13)11-7-5(14-4)2-9-6(3-12)10-7/h2-4H,1H3,(H,9,10,11,13). The minimum absolute atomic E-state index is 0.0159. The average Bonchev–Trinajstić information content (AvgIpc) is 2.19. The van der Waals surface area contributed by atoms with Gasteiger partial charge in [0.25, 0.3) is 5.91 Å². The van der Waals surface area contributed by atoms with Crippen molar-refractivity contribution >= 4 is 18.0 Å². The molecule has 1 amide bonds. The number of nitrogens with zero attached hydrogens (tertiary/aromatic N) is 2. The summed E-state index contributed by atoms with van der Waals surface area (Å²) in [6, 6.07) is 0. The van der Waals surface area contributed by atoms with E-state index in [4.69, 9.17) is 4.74 Å². The van der Waals surface area contributed by atoms with E-state index in [0.29, 0.717) is 12.0 Å². The number of nitrogens with one attached hydrogen (secondary N) is 1. The summed E-state index contributed by atoms with van der Waals surface area (Å²) in [7, 11) is 0. The normalized spacial score (nSPS) is 19.2. The maximum absolute atomic E-state index is 11.2. The topological polar surface area (TPSA) is 81.2 Å². The van der Waals surface area contributed by atoms with E-state index in [0.717, 1.165) is 0 Å². The Morgan fingerprint density at radius 3 is 3.14 bits per heavy atom. The maximum Gasteiger partial charge on any atom is 0.266 e.